The average Bonchev–Trinajstić information content (AvgIpc) is 3.29. The molecule has 2 heterocycles. The number of thiophene rings is 1. The van der Waals surface area contributed by atoms with E-state index in [9.17, 15) is 9.59 Å². The van der Waals surface area contributed by atoms with Crippen LogP contribution in [-0.4, -0.2) is 31.6 Å². The molecule has 1 unspecified atom stereocenters. The molecule has 0 saturated carbocycles. The van der Waals surface area contributed by atoms with E-state index in [2.05, 4.69) is 5.32 Å². The lowest BCUT2D eigenvalue weighted by atomic mass is 10.1. The SMILES string of the molecule is COC(=O)c1cc(Cl)c2c(c1)CC(CNC(=O)c1cc3ccccc3s1)O2. The van der Waals surface area contributed by atoms with Crippen LogP contribution in [0.15, 0.2) is 42.5 Å². The molecule has 1 atom stereocenters. The number of ether oxygens (including phenoxy) is 2. The fraction of sp³-hybridized carbons (Fsp3) is 0.200. The van der Waals surface area contributed by atoms with Crippen LogP contribution in [0.2, 0.25) is 5.02 Å². The highest BCUT2D eigenvalue weighted by Crippen LogP contribution is 2.37. The van der Waals surface area contributed by atoms with Crippen LogP contribution >= 0.6 is 22.9 Å². The number of halogens is 1. The van der Waals surface area contributed by atoms with E-state index in [4.69, 9.17) is 21.1 Å². The van der Waals surface area contributed by atoms with E-state index in [1.54, 1.807) is 6.07 Å². The van der Waals surface area contributed by atoms with Crippen molar-refractivity contribution in [3.05, 3.63) is 63.5 Å². The standard InChI is InChI=1S/C20H16ClNO4S/c1-25-20(24)13-6-12-7-14(26-18(12)15(21)8-13)10-22-19(23)17-9-11-4-2-3-5-16(11)27-17/h2-6,8-9,14H,7,10H2,1H3,(H,22,23). The summed E-state index contributed by atoms with van der Waals surface area (Å²) in [5.74, 6) is -0.0104. The van der Waals surface area contributed by atoms with Gasteiger partial charge in [-0.2, -0.15) is 0 Å². The van der Waals surface area contributed by atoms with Crippen molar-refractivity contribution in [3.63, 3.8) is 0 Å². The first-order valence-corrected chi connectivity index (χ1v) is 9.59. The quantitative estimate of drug-likeness (QED) is 0.669. The zero-order valence-corrected chi connectivity index (χ0v) is 16.0. The number of nitrogens with one attached hydrogen (secondary N) is 1. The maximum atomic E-state index is 12.4. The smallest absolute Gasteiger partial charge is 0.337 e. The predicted octanol–water partition coefficient (Wildman–Crippen LogP) is 4.07. The van der Waals surface area contributed by atoms with E-state index in [-0.39, 0.29) is 12.0 Å². The average molecular weight is 402 g/mol. The van der Waals surface area contributed by atoms with Crippen LogP contribution in [0.3, 0.4) is 0 Å². The number of methoxy groups -OCH3 is 1. The summed E-state index contributed by atoms with van der Waals surface area (Å²) in [6.07, 6.45) is 0.329. The van der Waals surface area contributed by atoms with Gasteiger partial charge in [-0.05, 0) is 29.7 Å². The molecule has 0 bridgehead atoms. The molecule has 4 rings (SSSR count). The van der Waals surface area contributed by atoms with Crippen LogP contribution < -0.4 is 10.1 Å². The van der Waals surface area contributed by atoms with Gasteiger partial charge < -0.3 is 14.8 Å². The number of hydrogen-bond donors (Lipinski definition) is 1. The number of esters is 1. The molecule has 1 aliphatic rings. The summed E-state index contributed by atoms with van der Waals surface area (Å²) in [5, 5.41) is 4.34. The summed E-state index contributed by atoms with van der Waals surface area (Å²) >= 11 is 7.69. The largest absolute Gasteiger partial charge is 0.486 e. The highest BCUT2D eigenvalue weighted by molar-refractivity contribution is 7.20. The predicted molar refractivity (Wildman–Crippen MR) is 105 cm³/mol. The second-order valence-corrected chi connectivity index (χ2v) is 7.73. The molecule has 1 amide bonds. The lowest BCUT2D eigenvalue weighted by Gasteiger charge is -2.11. The van der Waals surface area contributed by atoms with Gasteiger partial charge in [-0.1, -0.05) is 29.8 Å². The zero-order chi connectivity index (χ0) is 19.0. The summed E-state index contributed by atoms with van der Waals surface area (Å²) in [7, 11) is 1.33. The van der Waals surface area contributed by atoms with Gasteiger partial charge in [-0.15, -0.1) is 11.3 Å². The molecule has 0 radical (unpaired) electrons. The highest BCUT2D eigenvalue weighted by Gasteiger charge is 2.27. The van der Waals surface area contributed by atoms with Crippen molar-refractivity contribution in [3.8, 4) is 5.75 Å². The fourth-order valence-electron chi connectivity index (χ4n) is 3.12. The molecule has 1 aliphatic heterocycles. The third-order valence-electron chi connectivity index (χ3n) is 4.41. The number of fused-ring (bicyclic) bond motifs is 2. The second kappa shape index (κ2) is 7.21. The zero-order valence-electron chi connectivity index (χ0n) is 14.5. The molecule has 27 heavy (non-hydrogen) atoms. The number of hydrogen-bond acceptors (Lipinski definition) is 5. The molecule has 3 aromatic rings. The van der Waals surface area contributed by atoms with Gasteiger partial charge >= 0.3 is 5.97 Å². The van der Waals surface area contributed by atoms with Gasteiger partial charge in [-0.3, -0.25) is 4.79 Å². The summed E-state index contributed by atoms with van der Waals surface area (Å²) < 4.78 is 11.7. The molecule has 1 aromatic heterocycles. The Kier molecular flexibility index (Phi) is 4.76. The Balaban J connectivity index is 1.42. The maximum absolute atomic E-state index is 12.4. The number of amides is 1. The van der Waals surface area contributed by atoms with Crippen molar-refractivity contribution < 1.29 is 19.1 Å². The summed E-state index contributed by atoms with van der Waals surface area (Å²) in [5.41, 5.74) is 1.23. The number of rotatable bonds is 4. The van der Waals surface area contributed by atoms with Crippen molar-refractivity contribution >= 4 is 44.9 Å². The third kappa shape index (κ3) is 3.50. The van der Waals surface area contributed by atoms with Gasteiger partial charge in [0.15, 0.2) is 0 Å². The topological polar surface area (TPSA) is 64.6 Å². The number of carbonyl (C=O) groups excluding carboxylic acids is 2. The Morgan fingerprint density at radius 3 is 2.89 bits per heavy atom. The van der Waals surface area contributed by atoms with Crippen molar-refractivity contribution in [2.24, 2.45) is 0 Å². The van der Waals surface area contributed by atoms with E-state index < -0.39 is 5.97 Å². The van der Waals surface area contributed by atoms with Gasteiger partial charge in [0.2, 0.25) is 0 Å². The number of carbonyl (C=O) groups is 2. The fourth-order valence-corrected chi connectivity index (χ4v) is 4.39. The molecule has 138 valence electrons. The van der Waals surface area contributed by atoms with Gasteiger partial charge in [0, 0.05) is 16.7 Å². The summed E-state index contributed by atoms with van der Waals surface area (Å²) in [6.45, 7) is 0.353. The highest BCUT2D eigenvalue weighted by atomic mass is 35.5. The molecule has 2 aromatic carbocycles. The number of benzene rings is 2. The Labute approximate surface area is 164 Å². The third-order valence-corrected chi connectivity index (χ3v) is 5.81. The second-order valence-electron chi connectivity index (χ2n) is 6.24. The normalized spacial score (nSPS) is 15.3. The molecular formula is C20H16ClNO4S. The Bertz CT molecular complexity index is 1010. The van der Waals surface area contributed by atoms with Crippen molar-refractivity contribution in [2.45, 2.75) is 12.5 Å². The van der Waals surface area contributed by atoms with Crippen molar-refractivity contribution in [1.82, 2.24) is 5.32 Å². The van der Waals surface area contributed by atoms with Crippen LogP contribution in [0.4, 0.5) is 0 Å². The maximum Gasteiger partial charge on any atom is 0.337 e. The minimum Gasteiger partial charge on any atom is -0.486 e. The van der Waals surface area contributed by atoms with E-state index in [0.29, 0.717) is 34.2 Å². The Morgan fingerprint density at radius 1 is 1.30 bits per heavy atom. The first-order valence-electron chi connectivity index (χ1n) is 8.39. The first-order chi connectivity index (χ1) is 13.0. The monoisotopic (exact) mass is 401 g/mol. The van der Waals surface area contributed by atoms with Crippen molar-refractivity contribution in [1.29, 1.82) is 0 Å². The van der Waals surface area contributed by atoms with E-state index in [0.717, 1.165) is 15.6 Å². The van der Waals surface area contributed by atoms with Gasteiger partial charge in [0.05, 0.1) is 29.1 Å². The molecular weight excluding hydrogens is 386 g/mol. The summed E-state index contributed by atoms with van der Waals surface area (Å²) in [4.78, 5) is 24.8. The van der Waals surface area contributed by atoms with E-state index in [1.807, 2.05) is 30.3 Å². The van der Waals surface area contributed by atoms with Crippen LogP contribution in [0.5, 0.6) is 5.75 Å². The molecule has 0 spiro atoms. The van der Waals surface area contributed by atoms with Gasteiger partial charge in [-0.25, -0.2) is 4.79 Å². The molecule has 1 N–H and O–H groups in total. The molecule has 0 fully saturated rings. The molecule has 5 nitrogen and oxygen atoms in total. The van der Waals surface area contributed by atoms with Gasteiger partial charge in [0.25, 0.3) is 5.91 Å². The van der Waals surface area contributed by atoms with E-state index in [1.165, 1.54) is 24.5 Å². The first kappa shape index (κ1) is 17.8. The molecule has 0 aliphatic carbocycles. The van der Waals surface area contributed by atoms with E-state index >= 15 is 0 Å². The van der Waals surface area contributed by atoms with Crippen molar-refractivity contribution in [2.75, 3.05) is 13.7 Å². The minimum absolute atomic E-state index is 0.128. The van der Waals surface area contributed by atoms with Crippen LogP contribution in [0, 0.1) is 0 Å². The Hall–Kier alpha value is -2.57. The van der Waals surface area contributed by atoms with Crippen LogP contribution in [0.25, 0.3) is 10.1 Å². The molecule has 0 saturated heterocycles. The summed E-state index contributed by atoms with van der Waals surface area (Å²) in [6, 6.07) is 13.0. The van der Waals surface area contributed by atoms with Crippen LogP contribution in [-0.2, 0) is 11.2 Å². The molecule has 7 heteroatoms. The van der Waals surface area contributed by atoms with Gasteiger partial charge in [0.1, 0.15) is 11.9 Å². The Morgan fingerprint density at radius 2 is 2.11 bits per heavy atom. The lowest BCUT2D eigenvalue weighted by molar-refractivity contribution is 0.0600. The lowest BCUT2D eigenvalue weighted by Crippen LogP contribution is -2.34. The van der Waals surface area contributed by atoms with Crippen LogP contribution in [0.1, 0.15) is 25.6 Å². The minimum atomic E-state index is -0.443.